The number of carbonyl (C=O) groups excluding carboxylic acids is 1. The van der Waals surface area contributed by atoms with E-state index in [1.165, 1.54) is 0 Å². The molecule has 0 saturated heterocycles. The van der Waals surface area contributed by atoms with Crippen molar-refractivity contribution < 1.29 is 4.79 Å². The summed E-state index contributed by atoms with van der Waals surface area (Å²) in [5.74, 6) is 0. The van der Waals surface area contributed by atoms with E-state index in [-0.39, 0.29) is 0 Å². The van der Waals surface area contributed by atoms with Crippen LogP contribution in [0.1, 0.15) is 16.1 Å². The summed E-state index contributed by atoms with van der Waals surface area (Å²) in [5, 5.41) is 4.37. The SMILES string of the molecule is C=CCn1nc(-c2ccc(C)c(N)c2)cc1C=O. The molecular weight excluding hydrogens is 226 g/mol. The summed E-state index contributed by atoms with van der Waals surface area (Å²) >= 11 is 0. The summed E-state index contributed by atoms with van der Waals surface area (Å²) in [4.78, 5) is 10.9. The number of nitrogens with two attached hydrogens (primary N) is 1. The van der Waals surface area contributed by atoms with E-state index in [2.05, 4.69) is 11.7 Å². The van der Waals surface area contributed by atoms with Gasteiger partial charge in [0.2, 0.25) is 0 Å². The zero-order chi connectivity index (χ0) is 13.1. The summed E-state index contributed by atoms with van der Waals surface area (Å²) in [6.45, 7) is 6.10. The average molecular weight is 241 g/mol. The standard InChI is InChI=1S/C14H15N3O/c1-3-6-17-12(9-18)8-14(16-17)11-5-4-10(2)13(15)7-11/h3-5,7-9H,1,6,15H2,2H3. The molecular formula is C14H15N3O. The van der Waals surface area contributed by atoms with Crippen LogP contribution in [-0.4, -0.2) is 16.1 Å². The molecule has 4 heteroatoms. The van der Waals surface area contributed by atoms with Gasteiger partial charge < -0.3 is 5.73 Å². The maximum absolute atomic E-state index is 10.9. The Morgan fingerprint density at radius 3 is 2.83 bits per heavy atom. The lowest BCUT2D eigenvalue weighted by Gasteiger charge is -2.02. The first kappa shape index (κ1) is 12.1. The fraction of sp³-hybridized carbons (Fsp3) is 0.143. The average Bonchev–Trinajstić information content (AvgIpc) is 2.76. The zero-order valence-electron chi connectivity index (χ0n) is 10.3. The number of hydrogen-bond donors (Lipinski definition) is 1. The van der Waals surface area contributed by atoms with Crippen molar-refractivity contribution in [1.82, 2.24) is 9.78 Å². The molecule has 0 fully saturated rings. The number of nitrogen functional groups attached to an aromatic ring is 1. The first-order valence-corrected chi connectivity index (χ1v) is 5.66. The topological polar surface area (TPSA) is 60.9 Å². The van der Waals surface area contributed by atoms with E-state index >= 15 is 0 Å². The quantitative estimate of drug-likeness (QED) is 0.508. The molecule has 0 radical (unpaired) electrons. The molecule has 0 aliphatic heterocycles. The van der Waals surface area contributed by atoms with Crippen LogP contribution in [0.3, 0.4) is 0 Å². The zero-order valence-corrected chi connectivity index (χ0v) is 10.3. The van der Waals surface area contributed by atoms with E-state index in [9.17, 15) is 4.79 Å². The van der Waals surface area contributed by atoms with Gasteiger partial charge in [0.1, 0.15) is 5.69 Å². The van der Waals surface area contributed by atoms with Crippen molar-refractivity contribution in [1.29, 1.82) is 0 Å². The Kier molecular flexibility index (Phi) is 3.28. The Hall–Kier alpha value is -2.36. The van der Waals surface area contributed by atoms with Crippen LogP contribution in [0.4, 0.5) is 5.69 Å². The Balaban J connectivity index is 2.46. The van der Waals surface area contributed by atoms with Gasteiger partial charge in [-0.25, -0.2) is 0 Å². The Bertz CT molecular complexity index is 599. The van der Waals surface area contributed by atoms with Crippen LogP contribution in [0.5, 0.6) is 0 Å². The van der Waals surface area contributed by atoms with E-state index in [0.717, 1.165) is 28.8 Å². The second kappa shape index (κ2) is 4.87. The minimum atomic E-state index is 0.509. The summed E-state index contributed by atoms with van der Waals surface area (Å²) in [5.41, 5.74) is 9.80. The van der Waals surface area contributed by atoms with Crippen LogP contribution in [-0.2, 0) is 6.54 Å². The number of rotatable bonds is 4. The van der Waals surface area contributed by atoms with Gasteiger partial charge in [-0.15, -0.1) is 6.58 Å². The van der Waals surface area contributed by atoms with Gasteiger partial charge in [0.25, 0.3) is 0 Å². The molecule has 0 aliphatic carbocycles. The van der Waals surface area contributed by atoms with E-state index in [4.69, 9.17) is 5.73 Å². The number of aryl methyl sites for hydroxylation is 1. The van der Waals surface area contributed by atoms with Crippen LogP contribution >= 0.6 is 0 Å². The van der Waals surface area contributed by atoms with Crippen molar-refractivity contribution >= 4 is 12.0 Å². The minimum absolute atomic E-state index is 0.509. The smallest absolute Gasteiger partial charge is 0.168 e. The second-order valence-corrected chi connectivity index (χ2v) is 4.11. The van der Waals surface area contributed by atoms with E-state index in [1.807, 2.05) is 25.1 Å². The summed E-state index contributed by atoms with van der Waals surface area (Å²) in [6.07, 6.45) is 2.49. The number of allylic oxidation sites excluding steroid dienone is 1. The highest BCUT2D eigenvalue weighted by Gasteiger charge is 2.08. The number of anilines is 1. The van der Waals surface area contributed by atoms with Crippen molar-refractivity contribution in [2.45, 2.75) is 13.5 Å². The van der Waals surface area contributed by atoms with Gasteiger partial charge >= 0.3 is 0 Å². The third kappa shape index (κ3) is 2.18. The first-order valence-electron chi connectivity index (χ1n) is 5.66. The van der Waals surface area contributed by atoms with Crippen LogP contribution in [0, 0.1) is 6.92 Å². The molecule has 1 heterocycles. The lowest BCUT2D eigenvalue weighted by atomic mass is 10.1. The minimum Gasteiger partial charge on any atom is -0.398 e. The number of carbonyl (C=O) groups is 1. The number of hydrogen-bond acceptors (Lipinski definition) is 3. The number of aldehydes is 1. The van der Waals surface area contributed by atoms with Gasteiger partial charge in [-0.05, 0) is 24.6 Å². The monoisotopic (exact) mass is 241 g/mol. The maximum atomic E-state index is 10.9. The van der Waals surface area contributed by atoms with Gasteiger partial charge in [0.05, 0.1) is 12.2 Å². The highest BCUT2D eigenvalue weighted by molar-refractivity contribution is 5.76. The molecule has 92 valence electrons. The summed E-state index contributed by atoms with van der Waals surface area (Å²) in [7, 11) is 0. The van der Waals surface area contributed by atoms with Gasteiger partial charge in [-0.3, -0.25) is 9.48 Å². The molecule has 4 nitrogen and oxygen atoms in total. The molecule has 0 unspecified atom stereocenters. The van der Waals surface area contributed by atoms with Crippen molar-refractivity contribution in [2.24, 2.45) is 0 Å². The molecule has 2 N–H and O–H groups in total. The second-order valence-electron chi connectivity index (χ2n) is 4.11. The predicted molar refractivity (Wildman–Crippen MR) is 72.4 cm³/mol. The van der Waals surface area contributed by atoms with Crippen molar-refractivity contribution in [2.75, 3.05) is 5.73 Å². The van der Waals surface area contributed by atoms with Gasteiger partial charge in [0, 0.05) is 11.3 Å². The largest absolute Gasteiger partial charge is 0.398 e. The summed E-state index contributed by atoms with van der Waals surface area (Å²) in [6, 6.07) is 7.50. The number of nitrogens with zero attached hydrogens (tertiary/aromatic N) is 2. The molecule has 0 bridgehead atoms. The molecule has 1 aromatic carbocycles. The van der Waals surface area contributed by atoms with Gasteiger partial charge in [-0.1, -0.05) is 18.2 Å². The molecule has 0 aliphatic rings. The normalized spacial score (nSPS) is 10.3. The number of benzene rings is 1. The molecule has 1 aromatic heterocycles. The first-order chi connectivity index (χ1) is 8.65. The molecule has 2 rings (SSSR count). The maximum Gasteiger partial charge on any atom is 0.168 e. The predicted octanol–water partition coefficient (Wildman–Crippen LogP) is 2.44. The highest BCUT2D eigenvalue weighted by atomic mass is 16.1. The molecule has 0 atom stereocenters. The Morgan fingerprint density at radius 2 is 2.22 bits per heavy atom. The third-order valence-electron chi connectivity index (χ3n) is 2.81. The van der Waals surface area contributed by atoms with Crippen LogP contribution in [0.25, 0.3) is 11.3 Å². The van der Waals surface area contributed by atoms with E-state index < -0.39 is 0 Å². The molecule has 2 aromatic rings. The van der Waals surface area contributed by atoms with Crippen LogP contribution in [0.15, 0.2) is 36.9 Å². The van der Waals surface area contributed by atoms with Gasteiger partial charge in [0.15, 0.2) is 6.29 Å². The van der Waals surface area contributed by atoms with E-state index in [1.54, 1.807) is 16.8 Å². The fourth-order valence-corrected chi connectivity index (χ4v) is 1.74. The van der Waals surface area contributed by atoms with Crippen molar-refractivity contribution in [3.8, 4) is 11.3 Å². The van der Waals surface area contributed by atoms with Gasteiger partial charge in [-0.2, -0.15) is 5.10 Å². The van der Waals surface area contributed by atoms with Crippen molar-refractivity contribution in [3.05, 3.63) is 48.2 Å². The lowest BCUT2D eigenvalue weighted by molar-refractivity contribution is 0.111. The Morgan fingerprint density at radius 1 is 1.44 bits per heavy atom. The van der Waals surface area contributed by atoms with Crippen molar-refractivity contribution in [3.63, 3.8) is 0 Å². The third-order valence-corrected chi connectivity index (χ3v) is 2.81. The lowest BCUT2D eigenvalue weighted by Crippen LogP contribution is -2.01. The molecule has 18 heavy (non-hydrogen) atoms. The van der Waals surface area contributed by atoms with Crippen LogP contribution < -0.4 is 5.73 Å². The molecule has 0 saturated carbocycles. The molecule has 0 spiro atoms. The van der Waals surface area contributed by atoms with E-state index in [0.29, 0.717) is 12.2 Å². The number of aromatic nitrogens is 2. The Labute approximate surface area is 106 Å². The highest BCUT2D eigenvalue weighted by Crippen LogP contribution is 2.23. The summed E-state index contributed by atoms with van der Waals surface area (Å²) < 4.78 is 1.62. The fourth-order valence-electron chi connectivity index (χ4n) is 1.74. The molecule has 0 amide bonds. The van der Waals surface area contributed by atoms with Crippen LogP contribution in [0.2, 0.25) is 0 Å².